The Balaban J connectivity index is 2.58. The number of sulfonamides is 1. The standard InChI is InChI=1S/C10H19N3O3S/c1-7(2)11-5-6-17(14,15)13-10-8(3)9(4)12-16-10/h7,11,13H,5-6H2,1-4H3. The van der Waals surface area contributed by atoms with E-state index in [-0.39, 0.29) is 17.7 Å². The van der Waals surface area contributed by atoms with Crippen LogP contribution in [-0.4, -0.2) is 31.9 Å². The predicted molar refractivity (Wildman–Crippen MR) is 66.5 cm³/mol. The van der Waals surface area contributed by atoms with Crippen molar-refractivity contribution in [3.05, 3.63) is 11.3 Å². The van der Waals surface area contributed by atoms with Gasteiger partial charge in [-0.1, -0.05) is 19.0 Å². The molecule has 1 heterocycles. The van der Waals surface area contributed by atoms with Gasteiger partial charge < -0.3 is 9.84 Å². The summed E-state index contributed by atoms with van der Waals surface area (Å²) in [7, 11) is -3.39. The lowest BCUT2D eigenvalue weighted by atomic mass is 10.3. The summed E-state index contributed by atoms with van der Waals surface area (Å²) in [5, 5.41) is 6.73. The zero-order valence-electron chi connectivity index (χ0n) is 10.6. The lowest BCUT2D eigenvalue weighted by Crippen LogP contribution is -2.30. The number of hydrogen-bond acceptors (Lipinski definition) is 5. The van der Waals surface area contributed by atoms with Gasteiger partial charge in [0.1, 0.15) is 0 Å². The molecule has 0 spiro atoms. The lowest BCUT2D eigenvalue weighted by Gasteiger charge is -2.09. The van der Waals surface area contributed by atoms with Crippen LogP contribution in [-0.2, 0) is 10.0 Å². The second kappa shape index (κ2) is 5.50. The Kier molecular flexibility index (Phi) is 4.53. The van der Waals surface area contributed by atoms with Gasteiger partial charge in [0.2, 0.25) is 15.9 Å². The monoisotopic (exact) mass is 261 g/mol. The first kappa shape index (κ1) is 14.0. The molecule has 0 aromatic carbocycles. The Morgan fingerprint density at radius 2 is 2.00 bits per heavy atom. The van der Waals surface area contributed by atoms with Crippen LogP contribution in [0, 0.1) is 13.8 Å². The van der Waals surface area contributed by atoms with E-state index in [0.29, 0.717) is 17.8 Å². The fourth-order valence-electron chi connectivity index (χ4n) is 1.18. The van der Waals surface area contributed by atoms with Gasteiger partial charge in [-0.25, -0.2) is 8.42 Å². The first-order valence-corrected chi connectivity index (χ1v) is 7.14. The Morgan fingerprint density at radius 1 is 1.35 bits per heavy atom. The van der Waals surface area contributed by atoms with Crippen molar-refractivity contribution in [2.24, 2.45) is 0 Å². The topological polar surface area (TPSA) is 84.2 Å². The van der Waals surface area contributed by atoms with Gasteiger partial charge in [-0.15, -0.1) is 0 Å². The van der Waals surface area contributed by atoms with Crippen LogP contribution < -0.4 is 10.0 Å². The molecule has 0 bridgehead atoms. The number of rotatable bonds is 6. The van der Waals surface area contributed by atoms with Crippen molar-refractivity contribution >= 4 is 15.9 Å². The van der Waals surface area contributed by atoms with Crippen LogP contribution in [0.5, 0.6) is 0 Å². The summed E-state index contributed by atoms with van der Waals surface area (Å²) in [5.41, 5.74) is 1.40. The molecule has 0 radical (unpaired) electrons. The smallest absolute Gasteiger partial charge is 0.241 e. The average molecular weight is 261 g/mol. The molecule has 1 aromatic rings. The molecule has 0 saturated carbocycles. The number of nitrogens with one attached hydrogen (secondary N) is 2. The largest absolute Gasteiger partial charge is 0.337 e. The second-order valence-electron chi connectivity index (χ2n) is 4.25. The highest BCUT2D eigenvalue weighted by Gasteiger charge is 2.16. The molecule has 0 aliphatic heterocycles. The molecule has 2 N–H and O–H groups in total. The summed E-state index contributed by atoms with van der Waals surface area (Å²) in [6.07, 6.45) is 0. The van der Waals surface area contributed by atoms with Crippen molar-refractivity contribution < 1.29 is 12.9 Å². The predicted octanol–water partition coefficient (Wildman–Crippen LogP) is 1.03. The summed E-state index contributed by atoms with van der Waals surface area (Å²) in [6.45, 7) is 7.85. The third-order valence-corrected chi connectivity index (χ3v) is 3.57. The van der Waals surface area contributed by atoms with E-state index in [2.05, 4.69) is 15.2 Å². The zero-order valence-corrected chi connectivity index (χ0v) is 11.4. The summed E-state index contributed by atoms with van der Waals surface area (Å²) in [6, 6.07) is 0.263. The third-order valence-electron chi connectivity index (χ3n) is 2.33. The van der Waals surface area contributed by atoms with E-state index in [4.69, 9.17) is 4.52 Å². The SMILES string of the molecule is Cc1noc(NS(=O)(=O)CCNC(C)C)c1C. The van der Waals surface area contributed by atoms with Gasteiger partial charge in [-0.2, -0.15) is 0 Å². The molecule has 0 unspecified atom stereocenters. The maximum atomic E-state index is 11.7. The normalized spacial score (nSPS) is 12.1. The molecular weight excluding hydrogens is 242 g/mol. The highest BCUT2D eigenvalue weighted by molar-refractivity contribution is 7.92. The van der Waals surface area contributed by atoms with Crippen LogP contribution in [0.15, 0.2) is 4.52 Å². The Hall–Kier alpha value is -1.08. The zero-order chi connectivity index (χ0) is 13.1. The molecule has 98 valence electrons. The van der Waals surface area contributed by atoms with Crippen molar-refractivity contribution in [2.75, 3.05) is 17.0 Å². The molecule has 0 amide bonds. The van der Waals surface area contributed by atoms with Crippen LogP contribution in [0.1, 0.15) is 25.1 Å². The highest BCUT2D eigenvalue weighted by atomic mass is 32.2. The van der Waals surface area contributed by atoms with Crippen LogP contribution in [0.25, 0.3) is 0 Å². The third kappa shape index (κ3) is 4.35. The van der Waals surface area contributed by atoms with E-state index in [1.54, 1.807) is 13.8 Å². The minimum absolute atomic E-state index is 0.00433. The van der Waals surface area contributed by atoms with Gasteiger partial charge in [0.25, 0.3) is 0 Å². The highest BCUT2D eigenvalue weighted by Crippen LogP contribution is 2.18. The summed E-state index contributed by atoms with van der Waals surface area (Å²) in [4.78, 5) is 0. The molecule has 6 nitrogen and oxygen atoms in total. The average Bonchev–Trinajstić information content (AvgIpc) is 2.48. The summed E-state index contributed by atoms with van der Waals surface area (Å²) >= 11 is 0. The van der Waals surface area contributed by atoms with Crippen molar-refractivity contribution in [3.63, 3.8) is 0 Å². The molecular formula is C10H19N3O3S. The van der Waals surface area contributed by atoms with Gasteiger partial charge in [-0.05, 0) is 13.8 Å². The Bertz CT molecular complexity index is 465. The molecule has 1 aromatic heterocycles. The molecule has 0 atom stereocenters. The number of anilines is 1. The summed E-state index contributed by atoms with van der Waals surface area (Å²) < 4.78 is 30.7. The fourth-order valence-corrected chi connectivity index (χ4v) is 2.15. The van der Waals surface area contributed by atoms with Crippen molar-refractivity contribution in [3.8, 4) is 0 Å². The van der Waals surface area contributed by atoms with Crippen molar-refractivity contribution in [2.45, 2.75) is 33.7 Å². The van der Waals surface area contributed by atoms with Crippen molar-refractivity contribution in [1.29, 1.82) is 0 Å². The molecule has 0 aliphatic carbocycles. The number of nitrogens with zero attached hydrogens (tertiary/aromatic N) is 1. The first-order chi connectivity index (χ1) is 7.82. The number of aryl methyl sites for hydroxylation is 1. The van der Waals surface area contributed by atoms with Crippen molar-refractivity contribution in [1.82, 2.24) is 10.5 Å². The van der Waals surface area contributed by atoms with E-state index in [9.17, 15) is 8.42 Å². The van der Waals surface area contributed by atoms with Gasteiger partial charge in [0.15, 0.2) is 0 Å². The molecule has 0 saturated heterocycles. The second-order valence-corrected chi connectivity index (χ2v) is 6.09. The molecule has 17 heavy (non-hydrogen) atoms. The molecule has 1 rings (SSSR count). The molecule has 0 fully saturated rings. The van der Waals surface area contributed by atoms with Gasteiger partial charge in [-0.3, -0.25) is 4.72 Å². The quantitative estimate of drug-likeness (QED) is 0.799. The van der Waals surface area contributed by atoms with E-state index in [1.807, 2.05) is 13.8 Å². The molecule has 0 aliphatic rings. The lowest BCUT2D eigenvalue weighted by molar-refractivity contribution is 0.430. The fraction of sp³-hybridized carbons (Fsp3) is 0.700. The minimum Gasteiger partial charge on any atom is -0.337 e. The van der Waals surface area contributed by atoms with Gasteiger partial charge >= 0.3 is 0 Å². The minimum atomic E-state index is -3.39. The van der Waals surface area contributed by atoms with E-state index >= 15 is 0 Å². The first-order valence-electron chi connectivity index (χ1n) is 5.48. The maximum Gasteiger partial charge on any atom is 0.241 e. The van der Waals surface area contributed by atoms with Crippen LogP contribution in [0.3, 0.4) is 0 Å². The maximum absolute atomic E-state index is 11.7. The van der Waals surface area contributed by atoms with Crippen LogP contribution in [0.2, 0.25) is 0 Å². The van der Waals surface area contributed by atoms with E-state index < -0.39 is 10.0 Å². The molecule has 7 heteroatoms. The van der Waals surface area contributed by atoms with Gasteiger partial charge in [0, 0.05) is 18.2 Å². The van der Waals surface area contributed by atoms with Crippen LogP contribution >= 0.6 is 0 Å². The number of hydrogen-bond donors (Lipinski definition) is 2. The van der Waals surface area contributed by atoms with Gasteiger partial charge in [0.05, 0.1) is 11.4 Å². The number of aromatic nitrogens is 1. The van der Waals surface area contributed by atoms with E-state index in [1.165, 1.54) is 0 Å². The Morgan fingerprint density at radius 3 is 2.47 bits per heavy atom. The summed E-state index contributed by atoms with van der Waals surface area (Å²) in [5.74, 6) is 0.205. The van der Waals surface area contributed by atoms with Crippen LogP contribution in [0.4, 0.5) is 5.88 Å². The Labute approximate surface area is 102 Å². The van der Waals surface area contributed by atoms with E-state index in [0.717, 1.165) is 0 Å².